The number of benzene rings is 1. The van der Waals surface area contributed by atoms with E-state index in [0.29, 0.717) is 0 Å². The number of methoxy groups -OCH3 is 1. The first-order valence-electron chi connectivity index (χ1n) is 7.69. The number of carbonyl (C=O) groups excluding carboxylic acids is 1. The summed E-state index contributed by atoms with van der Waals surface area (Å²) in [6.45, 7) is 1.96. The molecule has 1 saturated carbocycles. The number of ether oxygens (including phenoxy) is 1. The standard InChI is InChI=1S/C18H21NO3S/c1-18(21,16-7-4-8-23-16)11-19-17(20)15-10-14(15)12-5-3-6-13(9-12)22-2/h3-9,14-15,21H,10-11H2,1-2H3,(H,19,20). The number of hydrogen-bond donors (Lipinski definition) is 2. The van der Waals surface area contributed by atoms with E-state index in [-0.39, 0.29) is 24.3 Å². The number of carbonyl (C=O) groups is 1. The van der Waals surface area contributed by atoms with Gasteiger partial charge in [0.1, 0.15) is 11.4 Å². The molecule has 4 nitrogen and oxygen atoms in total. The predicted molar refractivity (Wildman–Crippen MR) is 90.7 cm³/mol. The third kappa shape index (κ3) is 3.57. The molecule has 1 aliphatic rings. The fraction of sp³-hybridized carbons (Fsp3) is 0.389. The van der Waals surface area contributed by atoms with Gasteiger partial charge in [-0.05, 0) is 48.4 Å². The third-order valence-corrected chi connectivity index (χ3v) is 5.43. The van der Waals surface area contributed by atoms with Crippen molar-refractivity contribution in [1.82, 2.24) is 5.32 Å². The van der Waals surface area contributed by atoms with Gasteiger partial charge in [0.2, 0.25) is 5.91 Å². The van der Waals surface area contributed by atoms with Crippen molar-refractivity contribution in [3.63, 3.8) is 0 Å². The summed E-state index contributed by atoms with van der Waals surface area (Å²) >= 11 is 1.49. The molecule has 0 bridgehead atoms. The summed E-state index contributed by atoms with van der Waals surface area (Å²) in [7, 11) is 1.64. The Morgan fingerprint density at radius 2 is 2.26 bits per heavy atom. The summed E-state index contributed by atoms with van der Waals surface area (Å²) in [5.41, 5.74) is 0.110. The van der Waals surface area contributed by atoms with Crippen LogP contribution in [-0.2, 0) is 10.4 Å². The van der Waals surface area contributed by atoms with E-state index < -0.39 is 5.60 Å². The van der Waals surface area contributed by atoms with Crippen molar-refractivity contribution >= 4 is 17.2 Å². The van der Waals surface area contributed by atoms with Gasteiger partial charge in [-0.1, -0.05) is 18.2 Å². The Bertz CT molecular complexity index is 681. The van der Waals surface area contributed by atoms with Gasteiger partial charge in [0.05, 0.1) is 13.7 Å². The largest absolute Gasteiger partial charge is 0.497 e. The van der Waals surface area contributed by atoms with Crippen LogP contribution in [-0.4, -0.2) is 24.7 Å². The van der Waals surface area contributed by atoms with Gasteiger partial charge in [0, 0.05) is 10.8 Å². The lowest BCUT2D eigenvalue weighted by molar-refractivity contribution is -0.123. The predicted octanol–water partition coefficient (Wildman–Crippen LogP) is 2.88. The Hall–Kier alpha value is -1.85. The van der Waals surface area contributed by atoms with E-state index in [1.807, 2.05) is 41.8 Å². The van der Waals surface area contributed by atoms with E-state index in [0.717, 1.165) is 22.6 Å². The molecule has 1 aromatic carbocycles. The summed E-state index contributed by atoms with van der Waals surface area (Å²) in [5, 5.41) is 15.3. The molecule has 2 N–H and O–H groups in total. The zero-order valence-electron chi connectivity index (χ0n) is 13.3. The van der Waals surface area contributed by atoms with Crippen LogP contribution in [0.2, 0.25) is 0 Å². The second kappa shape index (κ2) is 6.34. The van der Waals surface area contributed by atoms with E-state index in [1.165, 1.54) is 11.3 Å². The van der Waals surface area contributed by atoms with Crippen molar-refractivity contribution < 1.29 is 14.6 Å². The Kier molecular flexibility index (Phi) is 4.41. The lowest BCUT2D eigenvalue weighted by Gasteiger charge is -2.22. The second-order valence-electron chi connectivity index (χ2n) is 6.19. The molecule has 3 unspecified atom stereocenters. The Morgan fingerprint density at radius 1 is 1.43 bits per heavy atom. The highest BCUT2D eigenvalue weighted by Gasteiger charge is 2.44. The first kappa shape index (κ1) is 16.0. The maximum absolute atomic E-state index is 12.3. The highest BCUT2D eigenvalue weighted by atomic mass is 32.1. The number of hydrogen-bond acceptors (Lipinski definition) is 4. The van der Waals surface area contributed by atoms with Crippen LogP contribution in [0.4, 0.5) is 0 Å². The van der Waals surface area contributed by atoms with Gasteiger partial charge in [0.15, 0.2) is 0 Å². The van der Waals surface area contributed by atoms with Crippen LogP contribution in [0, 0.1) is 5.92 Å². The lowest BCUT2D eigenvalue weighted by Crippen LogP contribution is -2.38. The second-order valence-corrected chi connectivity index (χ2v) is 7.14. The summed E-state index contributed by atoms with van der Waals surface area (Å²) in [5.74, 6) is 1.06. The Morgan fingerprint density at radius 3 is 2.96 bits per heavy atom. The molecule has 23 heavy (non-hydrogen) atoms. The van der Waals surface area contributed by atoms with Gasteiger partial charge in [-0.3, -0.25) is 4.79 Å². The molecule has 5 heteroatoms. The average molecular weight is 331 g/mol. The van der Waals surface area contributed by atoms with Crippen molar-refractivity contribution in [2.75, 3.05) is 13.7 Å². The molecule has 1 heterocycles. The van der Waals surface area contributed by atoms with Gasteiger partial charge in [-0.25, -0.2) is 0 Å². The van der Waals surface area contributed by atoms with Gasteiger partial charge < -0.3 is 15.2 Å². The minimum absolute atomic E-state index is 0.00894. The van der Waals surface area contributed by atoms with Crippen molar-refractivity contribution in [1.29, 1.82) is 0 Å². The molecule has 0 spiro atoms. The Balaban J connectivity index is 1.56. The normalized spacial score (nSPS) is 22.2. The van der Waals surface area contributed by atoms with Crippen LogP contribution in [0.1, 0.15) is 29.7 Å². The van der Waals surface area contributed by atoms with E-state index in [9.17, 15) is 9.90 Å². The van der Waals surface area contributed by atoms with Gasteiger partial charge in [-0.15, -0.1) is 11.3 Å². The number of nitrogens with one attached hydrogen (secondary N) is 1. The Labute approximate surface area is 140 Å². The van der Waals surface area contributed by atoms with Crippen molar-refractivity contribution in [3.8, 4) is 5.75 Å². The summed E-state index contributed by atoms with van der Waals surface area (Å²) < 4.78 is 5.23. The fourth-order valence-electron chi connectivity index (χ4n) is 2.79. The summed E-state index contributed by atoms with van der Waals surface area (Å²) in [4.78, 5) is 13.2. The van der Waals surface area contributed by atoms with Gasteiger partial charge in [0.25, 0.3) is 0 Å². The van der Waals surface area contributed by atoms with Crippen LogP contribution >= 0.6 is 11.3 Å². The first-order valence-corrected chi connectivity index (χ1v) is 8.57. The minimum Gasteiger partial charge on any atom is -0.497 e. The number of amides is 1. The van der Waals surface area contributed by atoms with Crippen LogP contribution in [0.5, 0.6) is 5.75 Å². The van der Waals surface area contributed by atoms with Crippen LogP contribution < -0.4 is 10.1 Å². The molecule has 0 saturated heterocycles. The number of rotatable bonds is 6. The molecule has 2 aromatic rings. The van der Waals surface area contributed by atoms with E-state index in [1.54, 1.807) is 14.0 Å². The van der Waals surface area contributed by atoms with Gasteiger partial charge >= 0.3 is 0 Å². The maximum atomic E-state index is 12.3. The number of thiophene rings is 1. The topological polar surface area (TPSA) is 58.6 Å². The van der Waals surface area contributed by atoms with Crippen molar-refractivity contribution in [2.45, 2.75) is 24.9 Å². The molecule has 0 aliphatic heterocycles. The van der Waals surface area contributed by atoms with Gasteiger partial charge in [-0.2, -0.15) is 0 Å². The highest BCUT2D eigenvalue weighted by Crippen LogP contribution is 2.48. The molecule has 3 atom stereocenters. The fourth-order valence-corrected chi connectivity index (χ4v) is 3.57. The van der Waals surface area contributed by atoms with E-state index >= 15 is 0 Å². The maximum Gasteiger partial charge on any atom is 0.223 e. The third-order valence-electron chi connectivity index (χ3n) is 4.31. The smallest absolute Gasteiger partial charge is 0.223 e. The average Bonchev–Trinajstić information content (AvgIpc) is 3.16. The van der Waals surface area contributed by atoms with Crippen LogP contribution in [0.3, 0.4) is 0 Å². The molecular formula is C18H21NO3S. The molecule has 122 valence electrons. The van der Waals surface area contributed by atoms with E-state index in [4.69, 9.17) is 4.74 Å². The molecule has 1 aromatic heterocycles. The molecule has 3 rings (SSSR count). The molecule has 0 radical (unpaired) electrons. The minimum atomic E-state index is -1.02. The van der Waals surface area contributed by atoms with Crippen molar-refractivity contribution in [3.05, 3.63) is 52.2 Å². The lowest BCUT2D eigenvalue weighted by atomic mass is 10.0. The molecule has 1 fully saturated rings. The highest BCUT2D eigenvalue weighted by molar-refractivity contribution is 7.10. The molecule has 1 amide bonds. The zero-order chi connectivity index (χ0) is 16.4. The molecular weight excluding hydrogens is 310 g/mol. The SMILES string of the molecule is COc1cccc(C2CC2C(=O)NCC(C)(O)c2cccs2)c1. The quantitative estimate of drug-likeness (QED) is 0.856. The summed E-state index contributed by atoms with van der Waals surface area (Å²) in [6, 6.07) is 11.6. The number of aliphatic hydroxyl groups is 1. The van der Waals surface area contributed by atoms with Crippen LogP contribution in [0.25, 0.3) is 0 Å². The monoisotopic (exact) mass is 331 g/mol. The first-order chi connectivity index (χ1) is 11.0. The zero-order valence-corrected chi connectivity index (χ0v) is 14.1. The molecule has 1 aliphatic carbocycles. The van der Waals surface area contributed by atoms with E-state index in [2.05, 4.69) is 5.32 Å². The van der Waals surface area contributed by atoms with Crippen molar-refractivity contribution in [2.24, 2.45) is 5.92 Å². The summed E-state index contributed by atoms with van der Waals surface area (Å²) in [6.07, 6.45) is 0.847. The van der Waals surface area contributed by atoms with Crippen LogP contribution in [0.15, 0.2) is 41.8 Å².